The van der Waals surface area contributed by atoms with E-state index in [4.69, 9.17) is 5.11 Å². The summed E-state index contributed by atoms with van der Waals surface area (Å²) >= 11 is 0. The van der Waals surface area contributed by atoms with Gasteiger partial charge in [0.1, 0.15) is 5.75 Å². The van der Waals surface area contributed by atoms with Gasteiger partial charge in [-0.1, -0.05) is 12.2 Å². The van der Waals surface area contributed by atoms with Crippen LogP contribution in [0.4, 0.5) is 0 Å². The van der Waals surface area contributed by atoms with Crippen molar-refractivity contribution in [1.29, 1.82) is 0 Å². The maximum atomic E-state index is 10.5. The van der Waals surface area contributed by atoms with Crippen LogP contribution in [0, 0.1) is 13.8 Å². The molecule has 0 unspecified atom stereocenters. The summed E-state index contributed by atoms with van der Waals surface area (Å²) in [6, 6.07) is 3.37. The minimum atomic E-state index is -0.953. The topological polar surface area (TPSA) is 57.5 Å². The van der Waals surface area contributed by atoms with Gasteiger partial charge in [-0.2, -0.15) is 0 Å². The smallest absolute Gasteiger partial charge is 0.328 e. The zero-order chi connectivity index (χ0) is 13.0. The highest BCUT2D eigenvalue weighted by molar-refractivity contribution is 5.81. The molecule has 0 heterocycles. The van der Waals surface area contributed by atoms with Crippen molar-refractivity contribution in [3.8, 4) is 5.75 Å². The summed E-state index contributed by atoms with van der Waals surface area (Å²) < 4.78 is 0. The molecule has 0 amide bonds. The summed E-state index contributed by atoms with van der Waals surface area (Å²) in [6.07, 6.45) is 4.76. The molecule has 3 nitrogen and oxygen atoms in total. The lowest BCUT2D eigenvalue weighted by atomic mass is 10.0. The van der Waals surface area contributed by atoms with Crippen LogP contribution >= 0.6 is 0 Å². The van der Waals surface area contributed by atoms with Crippen LogP contribution < -0.4 is 0 Å². The molecule has 0 bridgehead atoms. The average molecular weight is 232 g/mol. The second-order valence-electron chi connectivity index (χ2n) is 4.05. The first kappa shape index (κ1) is 13.0. The highest BCUT2D eigenvalue weighted by Gasteiger charge is 2.01. The number of allylic oxidation sites excluding steroid dienone is 2. The number of hydrogen-bond acceptors (Lipinski definition) is 2. The molecule has 1 aromatic rings. The first-order chi connectivity index (χ1) is 7.90. The van der Waals surface area contributed by atoms with Gasteiger partial charge in [0, 0.05) is 6.08 Å². The van der Waals surface area contributed by atoms with Crippen molar-refractivity contribution in [3.63, 3.8) is 0 Å². The van der Waals surface area contributed by atoms with E-state index in [2.05, 4.69) is 0 Å². The lowest BCUT2D eigenvalue weighted by molar-refractivity contribution is -0.131. The van der Waals surface area contributed by atoms with Gasteiger partial charge in [0.2, 0.25) is 0 Å². The number of rotatable bonds is 3. The van der Waals surface area contributed by atoms with E-state index in [1.54, 1.807) is 25.1 Å². The minimum Gasteiger partial charge on any atom is -0.508 e. The Balaban J connectivity index is 3.04. The van der Waals surface area contributed by atoms with Crippen LogP contribution in [0.5, 0.6) is 5.75 Å². The Hall–Kier alpha value is -2.03. The van der Waals surface area contributed by atoms with Gasteiger partial charge in [-0.15, -0.1) is 0 Å². The maximum Gasteiger partial charge on any atom is 0.328 e. The van der Waals surface area contributed by atoms with Crippen molar-refractivity contribution in [2.45, 2.75) is 20.8 Å². The van der Waals surface area contributed by atoms with Gasteiger partial charge in [0.15, 0.2) is 0 Å². The van der Waals surface area contributed by atoms with Crippen LogP contribution in [-0.2, 0) is 4.79 Å². The number of benzene rings is 1. The minimum absolute atomic E-state index is 0.245. The van der Waals surface area contributed by atoms with Crippen LogP contribution in [0.2, 0.25) is 0 Å². The van der Waals surface area contributed by atoms with Gasteiger partial charge < -0.3 is 10.2 Å². The molecule has 17 heavy (non-hydrogen) atoms. The van der Waals surface area contributed by atoms with Gasteiger partial charge in [0.05, 0.1) is 0 Å². The highest BCUT2D eigenvalue weighted by atomic mass is 16.4. The van der Waals surface area contributed by atoms with E-state index in [1.165, 1.54) is 0 Å². The molecule has 1 rings (SSSR count). The molecule has 2 N–H and O–H groups in total. The monoisotopic (exact) mass is 232 g/mol. The molecule has 90 valence electrons. The van der Waals surface area contributed by atoms with Crippen molar-refractivity contribution in [3.05, 3.63) is 46.5 Å². The predicted octanol–water partition coefficient (Wildman–Crippen LogP) is 3.05. The first-order valence-electron chi connectivity index (χ1n) is 5.29. The highest BCUT2D eigenvalue weighted by Crippen LogP contribution is 2.22. The van der Waals surface area contributed by atoms with Gasteiger partial charge in [-0.3, -0.25) is 0 Å². The average Bonchev–Trinajstić information content (AvgIpc) is 2.14. The fourth-order valence-electron chi connectivity index (χ4n) is 1.67. The molecule has 0 spiro atoms. The molecular weight excluding hydrogens is 216 g/mol. The SMILES string of the molecule is CC(=C/C(=O)O)/C=C/c1c(C)cc(O)cc1C. The van der Waals surface area contributed by atoms with Crippen molar-refractivity contribution in [2.24, 2.45) is 0 Å². The van der Waals surface area contributed by atoms with E-state index in [0.717, 1.165) is 22.8 Å². The Labute approximate surface area is 101 Å². The van der Waals surface area contributed by atoms with Gasteiger partial charge in [-0.25, -0.2) is 4.79 Å². The fourth-order valence-corrected chi connectivity index (χ4v) is 1.67. The quantitative estimate of drug-likeness (QED) is 0.622. The summed E-state index contributed by atoms with van der Waals surface area (Å²) in [4.78, 5) is 10.5. The summed E-state index contributed by atoms with van der Waals surface area (Å²) in [6.45, 7) is 5.54. The van der Waals surface area contributed by atoms with E-state index in [9.17, 15) is 9.90 Å². The molecule has 0 aliphatic heterocycles. The molecule has 1 aromatic carbocycles. The van der Waals surface area contributed by atoms with E-state index < -0.39 is 5.97 Å². The number of aryl methyl sites for hydroxylation is 2. The van der Waals surface area contributed by atoms with Gasteiger partial charge >= 0.3 is 5.97 Å². The summed E-state index contributed by atoms with van der Waals surface area (Å²) in [5.74, 6) is -0.707. The molecule has 0 saturated carbocycles. The number of carboxylic acid groups (broad SMARTS) is 1. The Morgan fingerprint density at radius 3 is 2.24 bits per heavy atom. The van der Waals surface area contributed by atoms with Crippen molar-refractivity contribution in [1.82, 2.24) is 0 Å². The Morgan fingerprint density at radius 2 is 1.76 bits per heavy atom. The molecule has 0 atom stereocenters. The third-order valence-electron chi connectivity index (χ3n) is 2.44. The molecule has 0 fully saturated rings. The zero-order valence-electron chi connectivity index (χ0n) is 10.2. The lowest BCUT2D eigenvalue weighted by Crippen LogP contribution is -1.89. The van der Waals surface area contributed by atoms with Crippen LogP contribution in [0.15, 0.2) is 29.9 Å². The number of hydrogen-bond donors (Lipinski definition) is 2. The molecule has 0 aromatic heterocycles. The lowest BCUT2D eigenvalue weighted by Gasteiger charge is -2.06. The largest absolute Gasteiger partial charge is 0.508 e. The van der Waals surface area contributed by atoms with Crippen LogP contribution in [-0.4, -0.2) is 16.2 Å². The molecule has 0 aliphatic rings. The van der Waals surface area contributed by atoms with Gasteiger partial charge in [-0.05, 0) is 55.2 Å². The van der Waals surface area contributed by atoms with E-state index >= 15 is 0 Å². The van der Waals surface area contributed by atoms with E-state index in [1.807, 2.05) is 19.9 Å². The number of aliphatic carboxylic acids is 1. The molecule has 0 radical (unpaired) electrons. The third kappa shape index (κ3) is 3.79. The zero-order valence-corrected chi connectivity index (χ0v) is 10.2. The molecule has 0 saturated heterocycles. The number of aromatic hydroxyl groups is 1. The summed E-state index contributed by atoms with van der Waals surface area (Å²) in [5.41, 5.74) is 3.59. The van der Waals surface area contributed by atoms with Gasteiger partial charge in [0.25, 0.3) is 0 Å². The predicted molar refractivity (Wildman–Crippen MR) is 68.0 cm³/mol. The molecule has 3 heteroatoms. The number of phenols is 1. The number of phenolic OH excluding ortho intramolecular Hbond substituents is 1. The normalized spacial score (nSPS) is 12.1. The summed E-state index contributed by atoms with van der Waals surface area (Å²) in [7, 11) is 0. The van der Waals surface area contributed by atoms with E-state index in [-0.39, 0.29) is 5.75 Å². The fraction of sp³-hybridized carbons (Fsp3) is 0.214. The summed E-state index contributed by atoms with van der Waals surface area (Å²) in [5, 5.41) is 18.0. The molecular formula is C14H16O3. The Morgan fingerprint density at radius 1 is 1.24 bits per heavy atom. The van der Waals surface area contributed by atoms with E-state index in [0.29, 0.717) is 5.57 Å². The second kappa shape index (κ2) is 5.34. The number of carboxylic acids is 1. The van der Waals surface area contributed by atoms with Crippen molar-refractivity contribution in [2.75, 3.05) is 0 Å². The Kier molecular flexibility index (Phi) is 4.10. The van der Waals surface area contributed by atoms with Crippen molar-refractivity contribution < 1.29 is 15.0 Å². The van der Waals surface area contributed by atoms with Crippen LogP contribution in [0.25, 0.3) is 6.08 Å². The van der Waals surface area contributed by atoms with Crippen molar-refractivity contribution >= 4 is 12.0 Å². The first-order valence-corrected chi connectivity index (χ1v) is 5.29. The standard InChI is InChI=1S/C14H16O3/c1-9(6-14(16)17)4-5-13-10(2)7-12(15)8-11(13)3/h4-8,15H,1-3H3,(H,16,17)/b5-4+,9-6-. The van der Waals surface area contributed by atoms with Crippen LogP contribution in [0.3, 0.4) is 0 Å². The third-order valence-corrected chi connectivity index (χ3v) is 2.44. The number of carbonyl (C=O) groups is 1. The second-order valence-corrected chi connectivity index (χ2v) is 4.05. The maximum absolute atomic E-state index is 10.5. The molecule has 0 aliphatic carbocycles. The Bertz CT molecular complexity index is 473. The van der Waals surface area contributed by atoms with Crippen LogP contribution in [0.1, 0.15) is 23.6 Å².